The third kappa shape index (κ3) is 6.61. The highest BCUT2D eigenvalue weighted by atomic mass is 19.1. The quantitative estimate of drug-likeness (QED) is 0.201. The van der Waals surface area contributed by atoms with Gasteiger partial charge in [0.25, 0.3) is 0 Å². The lowest BCUT2D eigenvalue weighted by Gasteiger charge is -2.47. The molecule has 51 heavy (non-hydrogen) atoms. The summed E-state index contributed by atoms with van der Waals surface area (Å²) in [5.41, 5.74) is 0.848. The first kappa shape index (κ1) is 34.4. The van der Waals surface area contributed by atoms with Gasteiger partial charge in [-0.3, -0.25) is 9.88 Å². The molecule has 2 aromatic heterocycles. The Kier molecular flexibility index (Phi) is 9.71. The Hall–Kier alpha value is -3.67. The van der Waals surface area contributed by atoms with Crippen LogP contribution in [0.3, 0.4) is 0 Å². The van der Waals surface area contributed by atoms with E-state index in [0.717, 1.165) is 71.1 Å². The van der Waals surface area contributed by atoms with Gasteiger partial charge in [-0.1, -0.05) is 19.4 Å². The number of aromatic nitrogens is 3. The average molecular weight is 702 g/mol. The predicted octanol–water partition coefficient (Wildman–Crippen LogP) is 7.45. The van der Waals surface area contributed by atoms with E-state index in [1.54, 1.807) is 18.3 Å². The molecule has 3 saturated heterocycles. The largest absolute Gasteiger partial charge is 0.508 e. The fourth-order valence-electron chi connectivity index (χ4n) is 9.53. The minimum atomic E-state index is -0.656. The van der Waals surface area contributed by atoms with Gasteiger partial charge in [0.05, 0.1) is 24.7 Å². The number of hydrogen-bond acceptors (Lipinski definition) is 9. The SMILES string of the molecule is CCc1c(F)ccc2cc(O)cc(-c3ncc4c(N5CCCOCC5)nc(OCC56CCCC5N(CC5CCO[C@@H](C)C5)CCC6)nc4c3F)c12. The molecule has 0 spiro atoms. The van der Waals surface area contributed by atoms with Crippen LogP contribution >= 0.6 is 0 Å². The highest BCUT2D eigenvalue weighted by Crippen LogP contribution is 2.48. The lowest BCUT2D eigenvalue weighted by molar-refractivity contribution is -0.0369. The summed E-state index contributed by atoms with van der Waals surface area (Å²) in [4.78, 5) is 19.1. The Morgan fingerprint density at radius 1 is 1.02 bits per heavy atom. The van der Waals surface area contributed by atoms with Crippen LogP contribution in [-0.4, -0.2) is 89.7 Å². The van der Waals surface area contributed by atoms with Crippen molar-refractivity contribution in [3.8, 4) is 23.0 Å². The number of piperidine rings is 1. The lowest BCUT2D eigenvalue weighted by atomic mass is 9.75. The molecule has 8 rings (SSSR count). The van der Waals surface area contributed by atoms with E-state index in [1.165, 1.54) is 12.1 Å². The maximum absolute atomic E-state index is 17.0. The number of ether oxygens (including phenoxy) is 3. The smallest absolute Gasteiger partial charge is 0.319 e. The van der Waals surface area contributed by atoms with E-state index < -0.39 is 5.82 Å². The molecule has 4 atom stereocenters. The number of likely N-dealkylation sites (tertiary alicyclic amines) is 1. The number of rotatable bonds is 8. The van der Waals surface area contributed by atoms with E-state index in [0.29, 0.717) is 90.5 Å². The molecule has 0 radical (unpaired) electrons. The molecule has 3 aliphatic heterocycles. The van der Waals surface area contributed by atoms with Crippen molar-refractivity contribution >= 4 is 27.5 Å². The van der Waals surface area contributed by atoms with Gasteiger partial charge in [-0.25, -0.2) is 8.78 Å². The zero-order valence-corrected chi connectivity index (χ0v) is 29.8. The number of benzene rings is 2. The summed E-state index contributed by atoms with van der Waals surface area (Å²) in [5, 5.41) is 12.3. The van der Waals surface area contributed by atoms with E-state index in [2.05, 4.69) is 21.7 Å². The topological polar surface area (TPSA) is 93.1 Å². The molecule has 1 saturated carbocycles. The molecule has 11 heteroatoms. The lowest BCUT2D eigenvalue weighted by Crippen LogP contribution is -2.53. The first-order chi connectivity index (χ1) is 24.8. The van der Waals surface area contributed by atoms with Crippen molar-refractivity contribution in [1.29, 1.82) is 0 Å². The summed E-state index contributed by atoms with van der Waals surface area (Å²) in [6.07, 6.45) is 11.0. The molecule has 5 heterocycles. The molecule has 3 unspecified atom stereocenters. The van der Waals surface area contributed by atoms with E-state index in [4.69, 9.17) is 24.2 Å². The standard InChI is InChI=1S/C40H49F2N5O4/c1-3-29-32(41)9-8-27-20-28(48)21-30(34(27)29)36-35(42)37-31(22-43-36)38(46-14-6-16-49-18-15-46)45-39(44-37)51-24-40-11-4-7-33(40)47(13-5-12-40)23-26-10-17-50-25(2)19-26/h8-9,20-22,25-26,33,48H,3-7,10-19,23-24H2,1-2H3/t25-,26?,33?,40?/m0/s1. The normalized spacial score (nSPS) is 26.0. The molecule has 272 valence electrons. The fraction of sp³-hybridized carbons (Fsp3) is 0.575. The van der Waals surface area contributed by atoms with Gasteiger partial charge in [0.2, 0.25) is 0 Å². The molecule has 0 amide bonds. The van der Waals surface area contributed by atoms with Crippen LogP contribution in [0.2, 0.25) is 0 Å². The van der Waals surface area contributed by atoms with Crippen LogP contribution < -0.4 is 9.64 Å². The third-order valence-corrected chi connectivity index (χ3v) is 11.9. The number of fused-ring (bicyclic) bond motifs is 3. The van der Waals surface area contributed by atoms with Crippen LogP contribution in [0.4, 0.5) is 14.6 Å². The number of aromatic hydroxyl groups is 1. The monoisotopic (exact) mass is 701 g/mol. The zero-order valence-electron chi connectivity index (χ0n) is 29.8. The van der Waals surface area contributed by atoms with Crippen LogP contribution in [0.5, 0.6) is 11.8 Å². The number of halogens is 2. The van der Waals surface area contributed by atoms with Crippen LogP contribution in [0.15, 0.2) is 30.5 Å². The van der Waals surface area contributed by atoms with Crippen LogP contribution in [0, 0.1) is 23.0 Å². The van der Waals surface area contributed by atoms with Crippen LogP contribution in [0.1, 0.15) is 70.8 Å². The number of anilines is 1. The third-order valence-electron chi connectivity index (χ3n) is 11.9. The first-order valence-electron chi connectivity index (χ1n) is 19.0. The summed E-state index contributed by atoms with van der Waals surface area (Å²) < 4.78 is 50.3. The second kappa shape index (κ2) is 14.4. The molecular weight excluding hydrogens is 652 g/mol. The van der Waals surface area contributed by atoms with E-state index in [1.807, 2.05) is 6.92 Å². The van der Waals surface area contributed by atoms with Gasteiger partial charge in [-0.15, -0.1) is 0 Å². The number of pyridine rings is 1. The number of hydrogen-bond donors (Lipinski definition) is 1. The first-order valence-corrected chi connectivity index (χ1v) is 19.0. The Morgan fingerprint density at radius 2 is 1.90 bits per heavy atom. The number of aryl methyl sites for hydroxylation is 1. The number of nitrogens with zero attached hydrogens (tertiary/aromatic N) is 5. The Bertz CT molecular complexity index is 1900. The minimum Gasteiger partial charge on any atom is -0.508 e. The van der Waals surface area contributed by atoms with Crippen molar-refractivity contribution in [1.82, 2.24) is 19.9 Å². The summed E-state index contributed by atoms with van der Waals surface area (Å²) >= 11 is 0. The van der Waals surface area contributed by atoms with Gasteiger partial charge >= 0.3 is 6.01 Å². The Labute approximate surface area is 298 Å². The number of phenols is 1. The van der Waals surface area contributed by atoms with Gasteiger partial charge in [0.1, 0.15) is 28.6 Å². The molecule has 4 aromatic rings. The molecular formula is C40H49F2N5O4. The summed E-state index contributed by atoms with van der Waals surface area (Å²) in [5.74, 6) is 0.127. The summed E-state index contributed by atoms with van der Waals surface area (Å²) in [6.45, 7) is 10.0. The highest BCUT2D eigenvalue weighted by molar-refractivity contribution is 6.01. The molecule has 9 nitrogen and oxygen atoms in total. The maximum Gasteiger partial charge on any atom is 0.319 e. The van der Waals surface area contributed by atoms with Crippen molar-refractivity contribution < 1.29 is 28.1 Å². The van der Waals surface area contributed by atoms with E-state index in [-0.39, 0.29) is 34.2 Å². The van der Waals surface area contributed by atoms with E-state index >= 15 is 8.78 Å². The van der Waals surface area contributed by atoms with Crippen LogP contribution in [0.25, 0.3) is 32.9 Å². The second-order valence-electron chi connectivity index (χ2n) is 15.2. The average Bonchev–Trinajstić information content (AvgIpc) is 3.38. The molecule has 1 N–H and O–H groups in total. The highest BCUT2D eigenvalue weighted by Gasteiger charge is 2.49. The molecule has 0 bridgehead atoms. The van der Waals surface area contributed by atoms with Gasteiger partial charge in [0, 0.05) is 56.1 Å². The van der Waals surface area contributed by atoms with Gasteiger partial charge in [0.15, 0.2) is 5.82 Å². The molecule has 2 aromatic carbocycles. The second-order valence-corrected chi connectivity index (χ2v) is 15.2. The maximum atomic E-state index is 17.0. The van der Waals surface area contributed by atoms with Gasteiger partial charge in [-0.2, -0.15) is 9.97 Å². The van der Waals surface area contributed by atoms with Crippen molar-refractivity contribution in [2.45, 2.75) is 83.8 Å². The zero-order chi connectivity index (χ0) is 35.1. The molecule has 1 aliphatic carbocycles. The Balaban J connectivity index is 1.17. The molecule has 4 aliphatic rings. The van der Waals surface area contributed by atoms with Crippen LogP contribution in [-0.2, 0) is 15.9 Å². The fourth-order valence-corrected chi connectivity index (χ4v) is 9.53. The summed E-state index contributed by atoms with van der Waals surface area (Å²) in [7, 11) is 0. The summed E-state index contributed by atoms with van der Waals surface area (Å²) in [6, 6.07) is 6.59. The van der Waals surface area contributed by atoms with Crippen molar-refractivity contribution in [3.05, 3.63) is 47.7 Å². The van der Waals surface area contributed by atoms with Crippen molar-refractivity contribution in [3.63, 3.8) is 0 Å². The van der Waals surface area contributed by atoms with Gasteiger partial charge in [-0.05, 0) is 105 Å². The van der Waals surface area contributed by atoms with Crippen molar-refractivity contribution in [2.24, 2.45) is 11.3 Å². The number of phenolic OH excluding ortho intramolecular Hbond substituents is 1. The minimum absolute atomic E-state index is 0.00157. The van der Waals surface area contributed by atoms with Gasteiger partial charge < -0.3 is 24.2 Å². The Morgan fingerprint density at radius 3 is 2.76 bits per heavy atom. The van der Waals surface area contributed by atoms with Crippen molar-refractivity contribution in [2.75, 3.05) is 57.5 Å². The predicted molar refractivity (Wildman–Crippen MR) is 193 cm³/mol. The molecule has 4 fully saturated rings. The van der Waals surface area contributed by atoms with E-state index in [9.17, 15) is 5.11 Å².